The van der Waals surface area contributed by atoms with Gasteiger partial charge in [0.25, 0.3) is 5.91 Å². The second-order valence-electron chi connectivity index (χ2n) is 4.77. The summed E-state index contributed by atoms with van der Waals surface area (Å²) < 4.78 is 4.63. The molecule has 0 saturated carbocycles. The van der Waals surface area contributed by atoms with Gasteiger partial charge in [-0.15, -0.1) is 6.58 Å². The lowest BCUT2D eigenvalue weighted by Gasteiger charge is -2.20. The lowest BCUT2D eigenvalue weighted by atomic mass is 10.1. The van der Waals surface area contributed by atoms with Crippen molar-refractivity contribution in [3.8, 4) is 0 Å². The zero-order chi connectivity index (χ0) is 15.9. The number of aromatic nitrogens is 1. The lowest BCUT2D eigenvalue weighted by molar-refractivity contribution is -0.116. The Bertz CT molecular complexity index is 648. The van der Waals surface area contributed by atoms with Crippen LogP contribution in [0.1, 0.15) is 15.9 Å². The average molecular weight is 299 g/mol. The van der Waals surface area contributed by atoms with E-state index in [0.717, 1.165) is 5.56 Å². The van der Waals surface area contributed by atoms with Crippen LogP contribution in [0.25, 0.3) is 0 Å². The molecule has 2 rings (SSSR count). The molecule has 0 radical (unpaired) electrons. The van der Waals surface area contributed by atoms with Crippen LogP contribution in [0.3, 0.4) is 0 Å². The van der Waals surface area contributed by atoms with Gasteiger partial charge in [-0.3, -0.25) is 9.59 Å². The predicted molar refractivity (Wildman–Crippen MR) is 82.4 cm³/mol. The van der Waals surface area contributed by atoms with Gasteiger partial charge in [0.05, 0.1) is 0 Å². The molecule has 1 heterocycles. The highest BCUT2D eigenvalue weighted by atomic mass is 16.5. The molecule has 114 valence electrons. The maximum atomic E-state index is 12.4. The fourth-order valence-electron chi connectivity index (χ4n) is 1.89. The van der Waals surface area contributed by atoms with Crippen LogP contribution in [-0.4, -0.2) is 35.0 Å². The normalized spacial score (nSPS) is 10.0. The van der Waals surface area contributed by atoms with Crippen molar-refractivity contribution < 1.29 is 14.1 Å². The Labute approximate surface area is 128 Å². The summed E-state index contributed by atoms with van der Waals surface area (Å²) in [7, 11) is 0. The van der Waals surface area contributed by atoms with Gasteiger partial charge in [0.1, 0.15) is 12.8 Å². The number of benzene rings is 1. The number of rotatable bonds is 6. The third-order valence-electron chi connectivity index (χ3n) is 2.97. The van der Waals surface area contributed by atoms with Crippen LogP contribution in [0.15, 0.2) is 53.8 Å². The number of carbonyl (C=O) groups excluding carboxylic acids is 2. The lowest BCUT2D eigenvalue weighted by Crippen LogP contribution is -2.38. The Morgan fingerprint density at radius 2 is 2.05 bits per heavy atom. The topological polar surface area (TPSA) is 75.4 Å². The van der Waals surface area contributed by atoms with E-state index in [9.17, 15) is 9.59 Å². The minimum Gasteiger partial charge on any atom is -0.363 e. The van der Waals surface area contributed by atoms with Gasteiger partial charge in [0.15, 0.2) is 5.82 Å². The largest absolute Gasteiger partial charge is 0.363 e. The molecular formula is C16H17N3O3. The van der Waals surface area contributed by atoms with Crippen molar-refractivity contribution in [2.75, 3.05) is 18.4 Å². The van der Waals surface area contributed by atoms with Gasteiger partial charge < -0.3 is 14.7 Å². The fraction of sp³-hybridized carbons (Fsp3) is 0.188. The summed E-state index contributed by atoms with van der Waals surface area (Å²) in [5, 5.41) is 6.15. The Morgan fingerprint density at radius 1 is 1.32 bits per heavy atom. The molecule has 6 nitrogen and oxygen atoms in total. The van der Waals surface area contributed by atoms with Crippen LogP contribution in [0, 0.1) is 6.92 Å². The van der Waals surface area contributed by atoms with Crippen LogP contribution < -0.4 is 5.32 Å². The fourth-order valence-corrected chi connectivity index (χ4v) is 1.89. The number of aryl methyl sites for hydroxylation is 1. The number of carbonyl (C=O) groups is 2. The molecule has 0 aliphatic carbocycles. The van der Waals surface area contributed by atoms with Crippen molar-refractivity contribution in [1.29, 1.82) is 0 Å². The summed E-state index contributed by atoms with van der Waals surface area (Å²) in [5.74, 6) is -0.266. The molecule has 22 heavy (non-hydrogen) atoms. The van der Waals surface area contributed by atoms with Crippen LogP contribution in [0.2, 0.25) is 0 Å². The summed E-state index contributed by atoms with van der Waals surface area (Å²) in [6, 6.07) is 8.72. The zero-order valence-electron chi connectivity index (χ0n) is 12.3. The first-order valence-electron chi connectivity index (χ1n) is 6.77. The molecule has 0 atom stereocenters. The molecule has 0 aliphatic heterocycles. The summed E-state index contributed by atoms with van der Waals surface area (Å²) in [6.07, 6.45) is 2.93. The van der Waals surface area contributed by atoms with E-state index in [1.807, 2.05) is 19.1 Å². The van der Waals surface area contributed by atoms with Crippen molar-refractivity contribution in [1.82, 2.24) is 10.1 Å². The molecular weight excluding hydrogens is 282 g/mol. The van der Waals surface area contributed by atoms with Crippen molar-refractivity contribution in [3.63, 3.8) is 0 Å². The monoisotopic (exact) mass is 299 g/mol. The second kappa shape index (κ2) is 7.21. The van der Waals surface area contributed by atoms with E-state index in [1.165, 1.54) is 17.2 Å². The number of nitrogens with one attached hydrogen (secondary N) is 1. The Hall–Kier alpha value is -2.89. The minimum absolute atomic E-state index is 0.0917. The maximum Gasteiger partial charge on any atom is 0.254 e. The van der Waals surface area contributed by atoms with E-state index in [-0.39, 0.29) is 24.9 Å². The van der Waals surface area contributed by atoms with Crippen LogP contribution in [0.5, 0.6) is 0 Å². The van der Waals surface area contributed by atoms with E-state index >= 15 is 0 Å². The van der Waals surface area contributed by atoms with Crippen molar-refractivity contribution >= 4 is 17.6 Å². The van der Waals surface area contributed by atoms with E-state index in [0.29, 0.717) is 11.4 Å². The molecule has 0 spiro atoms. The molecule has 1 aromatic heterocycles. The number of amides is 2. The Morgan fingerprint density at radius 3 is 2.64 bits per heavy atom. The number of hydrogen-bond acceptors (Lipinski definition) is 4. The van der Waals surface area contributed by atoms with Gasteiger partial charge >= 0.3 is 0 Å². The minimum atomic E-state index is -0.351. The van der Waals surface area contributed by atoms with Crippen molar-refractivity contribution in [2.24, 2.45) is 0 Å². The molecule has 2 amide bonds. The first-order valence-corrected chi connectivity index (χ1v) is 6.77. The molecule has 2 aromatic rings. The second-order valence-corrected chi connectivity index (χ2v) is 4.77. The number of nitrogens with zero attached hydrogens (tertiary/aromatic N) is 2. The average Bonchev–Trinajstić information content (AvgIpc) is 2.99. The van der Waals surface area contributed by atoms with Gasteiger partial charge in [-0.25, -0.2) is 0 Å². The molecule has 0 saturated heterocycles. The van der Waals surface area contributed by atoms with Crippen molar-refractivity contribution in [3.05, 3.63) is 60.4 Å². The van der Waals surface area contributed by atoms with E-state index in [2.05, 4.69) is 21.6 Å². The van der Waals surface area contributed by atoms with E-state index in [4.69, 9.17) is 0 Å². The van der Waals surface area contributed by atoms with E-state index in [1.54, 1.807) is 18.2 Å². The molecule has 1 N–H and O–H groups in total. The SMILES string of the molecule is C=CCN(CC(=O)Nc1ccon1)C(=O)c1ccc(C)cc1. The van der Waals surface area contributed by atoms with Gasteiger partial charge in [-0.05, 0) is 19.1 Å². The predicted octanol–water partition coefficient (Wildman–Crippen LogP) is 2.25. The Balaban J connectivity index is 2.05. The van der Waals surface area contributed by atoms with E-state index < -0.39 is 0 Å². The van der Waals surface area contributed by atoms with Crippen LogP contribution in [0.4, 0.5) is 5.82 Å². The van der Waals surface area contributed by atoms with Crippen LogP contribution >= 0.6 is 0 Å². The maximum absolute atomic E-state index is 12.4. The molecule has 1 aromatic carbocycles. The van der Waals surface area contributed by atoms with Crippen molar-refractivity contribution in [2.45, 2.75) is 6.92 Å². The molecule has 0 bridgehead atoms. The molecule has 0 fully saturated rings. The molecule has 0 unspecified atom stereocenters. The summed E-state index contributed by atoms with van der Waals surface area (Å²) >= 11 is 0. The summed E-state index contributed by atoms with van der Waals surface area (Å²) in [5.41, 5.74) is 1.59. The standard InChI is InChI=1S/C16H17N3O3/c1-3-9-19(11-15(20)17-14-8-10-22-18-14)16(21)13-6-4-12(2)5-7-13/h3-8,10H,1,9,11H2,2H3,(H,17,18,20). The molecule has 6 heteroatoms. The smallest absolute Gasteiger partial charge is 0.254 e. The third kappa shape index (κ3) is 4.05. The number of hydrogen-bond donors (Lipinski definition) is 1. The number of anilines is 1. The highest BCUT2D eigenvalue weighted by Crippen LogP contribution is 2.08. The summed E-state index contributed by atoms with van der Waals surface area (Å²) in [4.78, 5) is 25.8. The molecule has 0 aliphatic rings. The van der Waals surface area contributed by atoms with Gasteiger partial charge in [0.2, 0.25) is 5.91 Å². The zero-order valence-corrected chi connectivity index (χ0v) is 12.3. The van der Waals surface area contributed by atoms with Gasteiger partial charge in [-0.1, -0.05) is 28.9 Å². The summed E-state index contributed by atoms with van der Waals surface area (Å²) in [6.45, 7) is 5.75. The highest BCUT2D eigenvalue weighted by Gasteiger charge is 2.18. The third-order valence-corrected chi connectivity index (χ3v) is 2.97. The first-order chi connectivity index (χ1) is 10.6. The van der Waals surface area contributed by atoms with Gasteiger partial charge in [-0.2, -0.15) is 0 Å². The van der Waals surface area contributed by atoms with Crippen LogP contribution in [-0.2, 0) is 4.79 Å². The van der Waals surface area contributed by atoms with Gasteiger partial charge in [0, 0.05) is 18.2 Å². The Kier molecular flexibility index (Phi) is 5.08. The quantitative estimate of drug-likeness (QED) is 0.830. The first kappa shape index (κ1) is 15.5. The highest BCUT2D eigenvalue weighted by molar-refractivity contribution is 5.99.